The van der Waals surface area contributed by atoms with E-state index >= 15 is 0 Å². The molecule has 2 N–H and O–H groups in total. The summed E-state index contributed by atoms with van der Waals surface area (Å²) >= 11 is 0. The van der Waals surface area contributed by atoms with E-state index in [1.54, 1.807) is 6.07 Å². The van der Waals surface area contributed by atoms with Crippen LogP contribution < -0.4 is 5.73 Å². The number of amides is 1. The fourth-order valence-corrected chi connectivity index (χ4v) is 0.861. The quantitative estimate of drug-likeness (QED) is 0.767. The third kappa shape index (κ3) is 2.01. The van der Waals surface area contributed by atoms with Crippen LogP contribution >= 0.6 is 0 Å². The number of nitriles is 1. The Bertz CT molecular complexity index is 412. The van der Waals surface area contributed by atoms with Crippen LogP contribution in [0.5, 0.6) is 0 Å². The molecule has 1 amide bonds. The van der Waals surface area contributed by atoms with Crippen molar-refractivity contribution in [2.45, 2.75) is 6.43 Å². The van der Waals surface area contributed by atoms with Crippen LogP contribution in [0.4, 0.5) is 8.78 Å². The number of rotatable bonds is 2. The van der Waals surface area contributed by atoms with E-state index in [0.29, 0.717) is 0 Å². The molecule has 0 aromatic carbocycles. The lowest BCUT2D eigenvalue weighted by Crippen LogP contribution is -2.14. The Morgan fingerprint density at radius 3 is 2.64 bits per heavy atom. The van der Waals surface area contributed by atoms with Crippen LogP contribution in [-0.2, 0) is 0 Å². The lowest BCUT2D eigenvalue weighted by molar-refractivity contribution is 0.0995. The molecule has 1 rings (SSSR count). The van der Waals surface area contributed by atoms with Crippen LogP contribution in [0.1, 0.15) is 28.2 Å². The van der Waals surface area contributed by atoms with Crippen LogP contribution in [0.3, 0.4) is 0 Å². The summed E-state index contributed by atoms with van der Waals surface area (Å²) in [5.74, 6) is -0.941. The number of hydrogen-bond acceptors (Lipinski definition) is 3. The highest BCUT2D eigenvalue weighted by molar-refractivity contribution is 5.91. The van der Waals surface area contributed by atoms with Crippen LogP contribution in [0.15, 0.2) is 12.1 Å². The molecule has 14 heavy (non-hydrogen) atoms. The van der Waals surface area contributed by atoms with E-state index in [9.17, 15) is 13.6 Å². The van der Waals surface area contributed by atoms with Crippen LogP contribution in [-0.4, -0.2) is 10.9 Å². The number of carbonyl (C=O) groups excluding carboxylic acids is 1. The molecule has 1 aromatic rings. The van der Waals surface area contributed by atoms with Gasteiger partial charge in [0.2, 0.25) is 0 Å². The Morgan fingerprint density at radius 1 is 1.57 bits per heavy atom. The van der Waals surface area contributed by atoms with Crippen LogP contribution in [0, 0.1) is 11.3 Å². The molecule has 4 nitrogen and oxygen atoms in total. The number of pyridine rings is 1. The first-order valence-electron chi connectivity index (χ1n) is 3.54. The first-order valence-corrected chi connectivity index (χ1v) is 3.54. The maximum Gasteiger partial charge on any atom is 0.267 e. The average Bonchev–Trinajstić information content (AvgIpc) is 2.16. The van der Waals surface area contributed by atoms with Crippen molar-refractivity contribution in [1.29, 1.82) is 5.26 Å². The number of hydrogen-bond donors (Lipinski definition) is 1. The molecule has 0 saturated carbocycles. The lowest BCUT2D eigenvalue weighted by atomic mass is 10.2. The summed E-state index contributed by atoms with van der Waals surface area (Å²) in [6, 6.07) is 3.35. The normalized spacial score (nSPS) is 9.86. The third-order valence-corrected chi connectivity index (χ3v) is 1.47. The summed E-state index contributed by atoms with van der Waals surface area (Å²) in [6.07, 6.45) is -2.76. The molecule has 0 spiro atoms. The fourth-order valence-electron chi connectivity index (χ4n) is 0.861. The van der Waals surface area contributed by atoms with Gasteiger partial charge >= 0.3 is 0 Å². The van der Waals surface area contributed by atoms with E-state index in [0.717, 1.165) is 12.1 Å². The van der Waals surface area contributed by atoms with Crippen molar-refractivity contribution in [3.8, 4) is 6.07 Å². The van der Waals surface area contributed by atoms with E-state index in [4.69, 9.17) is 11.0 Å². The zero-order chi connectivity index (χ0) is 10.7. The molecule has 6 heteroatoms. The van der Waals surface area contributed by atoms with Crippen LogP contribution in [0.25, 0.3) is 0 Å². The lowest BCUT2D eigenvalue weighted by Gasteiger charge is -2.01. The van der Waals surface area contributed by atoms with Crippen LogP contribution in [0.2, 0.25) is 0 Å². The van der Waals surface area contributed by atoms with Gasteiger partial charge in [-0.15, -0.1) is 0 Å². The fraction of sp³-hybridized carbons (Fsp3) is 0.125. The Kier molecular flexibility index (Phi) is 2.72. The summed E-state index contributed by atoms with van der Waals surface area (Å²) in [5, 5.41) is 8.44. The van der Waals surface area contributed by atoms with Gasteiger partial charge < -0.3 is 5.73 Å². The average molecular weight is 197 g/mol. The summed E-state index contributed by atoms with van der Waals surface area (Å²) in [5.41, 5.74) is 3.82. The largest absolute Gasteiger partial charge is 0.364 e. The number of alkyl halides is 2. The molecule has 1 heterocycles. The van der Waals surface area contributed by atoms with Crippen molar-refractivity contribution in [2.24, 2.45) is 5.73 Å². The molecule has 0 aliphatic heterocycles. The van der Waals surface area contributed by atoms with Crippen molar-refractivity contribution in [2.75, 3.05) is 0 Å². The Morgan fingerprint density at radius 2 is 2.21 bits per heavy atom. The first-order chi connectivity index (χ1) is 6.54. The van der Waals surface area contributed by atoms with Crippen molar-refractivity contribution < 1.29 is 13.6 Å². The molecule has 0 aliphatic carbocycles. The topological polar surface area (TPSA) is 79.8 Å². The maximum atomic E-state index is 12.2. The van der Waals surface area contributed by atoms with E-state index < -0.39 is 17.9 Å². The van der Waals surface area contributed by atoms with E-state index in [1.807, 2.05) is 0 Å². The summed E-state index contributed by atoms with van der Waals surface area (Å²) in [7, 11) is 0. The second-order valence-electron chi connectivity index (χ2n) is 2.45. The molecular weight excluding hydrogens is 192 g/mol. The van der Waals surface area contributed by atoms with Gasteiger partial charge in [-0.25, -0.2) is 13.8 Å². The third-order valence-electron chi connectivity index (χ3n) is 1.47. The molecular formula is C8H5F2N3O. The van der Waals surface area contributed by atoms with Gasteiger partial charge in [-0.3, -0.25) is 4.79 Å². The van der Waals surface area contributed by atoms with Crippen molar-refractivity contribution in [1.82, 2.24) is 4.98 Å². The number of nitrogens with two attached hydrogens (primary N) is 1. The number of nitrogens with zero attached hydrogens (tertiary/aromatic N) is 2. The highest BCUT2D eigenvalue weighted by Crippen LogP contribution is 2.19. The second kappa shape index (κ2) is 3.79. The van der Waals surface area contributed by atoms with E-state index in [2.05, 4.69) is 4.98 Å². The van der Waals surface area contributed by atoms with Gasteiger partial charge in [-0.05, 0) is 12.1 Å². The van der Waals surface area contributed by atoms with Gasteiger partial charge in [0.05, 0.1) is 0 Å². The minimum absolute atomic E-state index is 0.253. The number of carbonyl (C=O) groups is 1. The monoisotopic (exact) mass is 197 g/mol. The van der Waals surface area contributed by atoms with Gasteiger partial charge in [0.1, 0.15) is 17.5 Å². The second-order valence-corrected chi connectivity index (χ2v) is 2.45. The number of halogens is 2. The summed E-state index contributed by atoms with van der Waals surface area (Å²) in [4.78, 5) is 14.1. The Labute approximate surface area is 78.0 Å². The molecule has 1 aromatic heterocycles. The number of aromatic nitrogens is 1. The molecule has 0 radical (unpaired) electrons. The highest BCUT2D eigenvalue weighted by Gasteiger charge is 2.13. The Hall–Kier alpha value is -2.03. The van der Waals surface area contributed by atoms with Crippen molar-refractivity contribution in [3.05, 3.63) is 29.1 Å². The highest BCUT2D eigenvalue weighted by atomic mass is 19.3. The molecule has 0 saturated heterocycles. The number of primary amides is 1. The predicted octanol–water partition coefficient (Wildman–Crippen LogP) is 0.990. The van der Waals surface area contributed by atoms with Crippen molar-refractivity contribution in [3.63, 3.8) is 0 Å². The van der Waals surface area contributed by atoms with Gasteiger partial charge in [0, 0.05) is 5.56 Å². The Balaban J connectivity index is 3.29. The standard InChI is InChI=1S/C8H5F2N3O/c9-7(10)4-1-5(3-11)13-6(2-4)8(12)14/h1-2,7H,(H2,12,14). The zero-order valence-electron chi connectivity index (χ0n) is 6.87. The van der Waals surface area contributed by atoms with Crippen molar-refractivity contribution >= 4 is 5.91 Å². The first kappa shape index (κ1) is 10.1. The zero-order valence-corrected chi connectivity index (χ0v) is 6.87. The molecule has 72 valence electrons. The minimum Gasteiger partial charge on any atom is -0.364 e. The minimum atomic E-state index is -2.76. The molecule has 0 fully saturated rings. The van der Waals surface area contributed by atoms with Gasteiger partial charge in [-0.2, -0.15) is 5.26 Å². The molecule has 0 aliphatic rings. The van der Waals surface area contributed by atoms with Gasteiger partial charge in [-0.1, -0.05) is 0 Å². The SMILES string of the molecule is N#Cc1cc(C(F)F)cc(C(N)=O)n1. The van der Waals surface area contributed by atoms with E-state index in [-0.39, 0.29) is 11.4 Å². The molecule has 0 bridgehead atoms. The smallest absolute Gasteiger partial charge is 0.267 e. The predicted molar refractivity (Wildman–Crippen MR) is 42.4 cm³/mol. The molecule has 0 atom stereocenters. The van der Waals surface area contributed by atoms with Gasteiger partial charge in [0.15, 0.2) is 0 Å². The summed E-state index contributed by atoms with van der Waals surface area (Å²) in [6.45, 7) is 0. The maximum absolute atomic E-state index is 12.2. The van der Waals surface area contributed by atoms with E-state index in [1.165, 1.54) is 0 Å². The molecule has 0 unspecified atom stereocenters. The summed E-state index contributed by atoms with van der Waals surface area (Å²) < 4.78 is 24.5. The van der Waals surface area contributed by atoms with Gasteiger partial charge in [0.25, 0.3) is 12.3 Å².